The van der Waals surface area contributed by atoms with Crippen molar-refractivity contribution < 1.29 is 5.11 Å². The Morgan fingerprint density at radius 1 is 1.47 bits per heavy atom. The van der Waals surface area contributed by atoms with E-state index in [1.54, 1.807) is 0 Å². The molecule has 0 aliphatic heterocycles. The smallest absolute Gasteiger partial charge is 0.130 e. The van der Waals surface area contributed by atoms with Gasteiger partial charge in [-0.15, -0.1) is 0 Å². The van der Waals surface area contributed by atoms with Crippen molar-refractivity contribution in [1.82, 2.24) is 5.32 Å². The average molecular weight is 210 g/mol. The molecule has 3 unspecified atom stereocenters. The van der Waals surface area contributed by atoms with Crippen molar-refractivity contribution in [3.63, 3.8) is 0 Å². The van der Waals surface area contributed by atoms with Crippen LogP contribution in [-0.4, -0.2) is 23.4 Å². The maximum Gasteiger partial charge on any atom is 0.130 e. The van der Waals surface area contributed by atoms with Gasteiger partial charge in [-0.25, -0.2) is 0 Å². The second kappa shape index (κ2) is 4.92. The van der Waals surface area contributed by atoms with Gasteiger partial charge in [0.1, 0.15) is 6.23 Å². The van der Waals surface area contributed by atoms with Gasteiger partial charge in [0.2, 0.25) is 0 Å². The fourth-order valence-electron chi connectivity index (χ4n) is 1.81. The third-order valence-electron chi connectivity index (χ3n) is 2.75. The van der Waals surface area contributed by atoms with E-state index in [4.69, 9.17) is 5.73 Å². The van der Waals surface area contributed by atoms with Crippen LogP contribution in [0.4, 0.5) is 0 Å². The molecule has 0 heterocycles. The summed E-state index contributed by atoms with van der Waals surface area (Å²) in [6, 6.07) is 0.348. The van der Waals surface area contributed by atoms with E-state index < -0.39 is 6.23 Å². The summed E-state index contributed by atoms with van der Waals surface area (Å²) < 4.78 is 0. The molecule has 86 valence electrons. The molecule has 0 amide bonds. The first kappa shape index (κ1) is 12.4. The number of hydrogen-bond donors (Lipinski definition) is 3. The highest BCUT2D eigenvalue weighted by Gasteiger charge is 2.21. The Hall–Kier alpha value is -0.640. The number of aliphatic hydroxyl groups excluding tert-OH is 1. The summed E-state index contributed by atoms with van der Waals surface area (Å²) in [6.45, 7) is 8.11. The lowest BCUT2D eigenvalue weighted by atomic mass is 9.87. The lowest BCUT2D eigenvalue weighted by molar-refractivity contribution is 0.164. The zero-order valence-electron chi connectivity index (χ0n) is 9.99. The van der Waals surface area contributed by atoms with Crippen molar-refractivity contribution in [2.24, 2.45) is 11.7 Å². The van der Waals surface area contributed by atoms with E-state index >= 15 is 0 Å². The Bertz CT molecular complexity index is 281. The summed E-state index contributed by atoms with van der Waals surface area (Å²) in [5, 5.41) is 13.0. The van der Waals surface area contributed by atoms with Crippen LogP contribution in [0.2, 0.25) is 0 Å². The summed E-state index contributed by atoms with van der Waals surface area (Å²) in [5.41, 5.74) is 8.03. The molecule has 0 bridgehead atoms. The van der Waals surface area contributed by atoms with E-state index in [2.05, 4.69) is 12.2 Å². The van der Waals surface area contributed by atoms with Crippen molar-refractivity contribution in [1.29, 1.82) is 0 Å². The minimum Gasteiger partial charge on any atom is -0.374 e. The van der Waals surface area contributed by atoms with Crippen LogP contribution in [0, 0.1) is 5.92 Å². The van der Waals surface area contributed by atoms with Gasteiger partial charge >= 0.3 is 0 Å². The maximum atomic E-state index is 9.90. The maximum absolute atomic E-state index is 9.90. The molecule has 0 aromatic carbocycles. The fourth-order valence-corrected chi connectivity index (χ4v) is 1.81. The van der Waals surface area contributed by atoms with Crippen molar-refractivity contribution >= 4 is 0 Å². The second-order valence-electron chi connectivity index (χ2n) is 4.66. The fraction of sp³-hybridized carbons (Fsp3) is 0.667. The summed E-state index contributed by atoms with van der Waals surface area (Å²) in [4.78, 5) is 0. The molecule has 1 aliphatic rings. The second-order valence-corrected chi connectivity index (χ2v) is 4.66. The Kier molecular flexibility index (Phi) is 4.08. The van der Waals surface area contributed by atoms with Crippen LogP contribution in [0.5, 0.6) is 0 Å². The SMILES string of the molecule is CC1=CC(C(O)NC(C)C)=CC(C)C1N. The first-order valence-electron chi connectivity index (χ1n) is 5.51. The topological polar surface area (TPSA) is 58.3 Å². The normalized spacial score (nSPS) is 28.7. The van der Waals surface area contributed by atoms with E-state index in [-0.39, 0.29) is 18.0 Å². The van der Waals surface area contributed by atoms with Crippen molar-refractivity contribution in [2.45, 2.75) is 46.0 Å². The highest BCUT2D eigenvalue weighted by Crippen LogP contribution is 2.22. The third kappa shape index (κ3) is 3.16. The van der Waals surface area contributed by atoms with Crippen LogP contribution < -0.4 is 11.1 Å². The molecule has 0 aromatic rings. The van der Waals surface area contributed by atoms with Crippen LogP contribution in [0.1, 0.15) is 27.7 Å². The molecule has 4 N–H and O–H groups in total. The predicted octanol–water partition coefficient (Wildman–Crippen LogP) is 1.15. The van der Waals surface area contributed by atoms with Crippen LogP contribution in [0.15, 0.2) is 23.3 Å². The van der Waals surface area contributed by atoms with Gasteiger partial charge in [0.25, 0.3) is 0 Å². The third-order valence-corrected chi connectivity index (χ3v) is 2.75. The molecule has 3 heteroatoms. The molecule has 0 fully saturated rings. The van der Waals surface area contributed by atoms with E-state index in [1.165, 1.54) is 0 Å². The van der Waals surface area contributed by atoms with E-state index in [0.29, 0.717) is 0 Å². The summed E-state index contributed by atoms with van der Waals surface area (Å²) in [5.74, 6) is 0.286. The molecule has 15 heavy (non-hydrogen) atoms. The Balaban J connectivity index is 2.75. The predicted molar refractivity (Wildman–Crippen MR) is 63.3 cm³/mol. The van der Waals surface area contributed by atoms with Gasteiger partial charge in [-0.3, -0.25) is 5.32 Å². The lowest BCUT2D eigenvalue weighted by Gasteiger charge is -2.27. The van der Waals surface area contributed by atoms with Gasteiger partial charge in [0.15, 0.2) is 0 Å². The van der Waals surface area contributed by atoms with Gasteiger partial charge in [0.05, 0.1) is 0 Å². The van der Waals surface area contributed by atoms with Crippen molar-refractivity contribution in [2.75, 3.05) is 0 Å². The first-order valence-corrected chi connectivity index (χ1v) is 5.51. The Morgan fingerprint density at radius 3 is 2.53 bits per heavy atom. The molecule has 0 saturated heterocycles. The van der Waals surface area contributed by atoms with Gasteiger partial charge in [0, 0.05) is 12.1 Å². The number of aliphatic hydroxyl groups is 1. The number of rotatable bonds is 3. The average Bonchev–Trinajstić information content (AvgIpc) is 2.12. The summed E-state index contributed by atoms with van der Waals surface area (Å²) in [7, 11) is 0. The van der Waals surface area contributed by atoms with Crippen LogP contribution in [0.25, 0.3) is 0 Å². The molecule has 0 spiro atoms. The minimum absolute atomic E-state index is 0.0833. The summed E-state index contributed by atoms with van der Waals surface area (Å²) >= 11 is 0. The molecule has 0 aromatic heterocycles. The molecule has 0 radical (unpaired) electrons. The van der Waals surface area contributed by atoms with Gasteiger partial charge in [-0.1, -0.05) is 24.6 Å². The largest absolute Gasteiger partial charge is 0.374 e. The molecule has 1 rings (SSSR count). The van der Waals surface area contributed by atoms with E-state index in [0.717, 1.165) is 11.1 Å². The zero-order chi connectivity index (χ0) is 11.6. The first-order chi connectivity index (χ1) is 6.91. The highest BCUT2D eigenvalue weighted by molar-refractivity contribution is 5.34. The standard InChI is InChI=1S/C12H22N2O/c1-7(2)14-12(15)10-5-8(3)11(13)9(4)6-10/h5-8,11-12,14-15H,13H2,1-4H3. The number of nitrogens with one attached hydrogen (secondary N) is 1. The lowest BCUT2D eigenvalue weighted by Crippen LogP contribution is -2.38. The van der Waals surface area contributed by atoms with E-state index in [1.807, 2.05) is 32.9 Å². The molecule has 3 atom stereocenters. The van der Waals surface area contributed by atoms with Crippen LogP contribution in [-0.2, 0) is 0 Å². The molecule has 0 saturated carbocycles. The summed E-state index contributed by atoms with van der Waals surface area (Å²) in [6.07, 6.45) is 3.43. The quantitative estimate of drug-likeness (QED) is 0.612. The van der Waals surface area contributed by atoms with Gasteiger partial charge in [-0.05, 0) is 32.3 Å². The molecule has 1 aliphatic carbocycles. The number of nitrogens with two attached hydrogens (primary N) is 1. The van der Waals surface area contributed by atoms with Crippen molar-refractivity contribution in [3.05, 3.63) is 23.3 Å². The molecular formula is C12H22N2O. The Labute approximate surface area is 92.1 Å². The van der Waals surface area contributed by atoms with Crippen LogP contribution >= 0.6 is 0 Å². The zero-order valence-corrected chi connectivity index (χ0v) is 9.99. The van der Waals surface area contributed by atoms with Gasteiger partial charge < -0.3 is 10.8 Å². The number of hydrogen-bond acceptors (Lipinski definition) is 3. The molecular weight excluding hydrogens is 188 g/mol. The highest BCUT2D eigenvalue weighted by atomic mass is 16.3. The Morgan fingerprint density at radius 2 is 2.07 bits per heavy atom. The van der Waals surface area contributed by atoms with E-state index in [9.17, 15) is 5.11 Å². The monoisotopic (exact) mass is 210 g/mol. The van der Waals surface area contributed by atoms with Crippen molar-refractivity contribution in [3.8, 4) is 0 Å². The molecule has 3 nitrogen and oxygen atoms in total. The van der Waals surface area contributed by atoms with Crippen LogP contribution in [0.3, 0.4) is 0 Å². The van der Waals surface area contributed by atoms with Gasteiger partial charge in [-0.2, -0.15) is 0 Å². The minimum atomic E-state index is -0.588.